The van der Waals surface area contributed by atoms with Crippen molar-refractivity contribution in [3.63, 3.8) is 0 Å². The van der Waals surface area contributed by atoms with Crippen LogP contribution in [-0.4, -0.2) is 11.7 Å². The van der Waals surface area contributed by atoms with Gasteiger partial charge in [0, 0.05) is 6.07 Å². The second-order valence-corrected chi connectivity index (χ2v) is 3.30. The summed E-state index contributed by atoms with van der Waals surface area (Å²) < 4.78 is 26.1. The zero-order chi connectivity index (χ0) is 10.7. The highest BCUT2D eigenvalue weighted by molar-refractivity contribution is 5.31. The zero-order valence-electron chi connectivity index (χ0n) is 7.93. The van der Waals surface area contributed by atoms with Gasteiger partial charge in [-0.05, 0) is 30.5 Å². The maximum absolute atomic E-state index is 13.2. The predicted molar refractivity (Wildman–Crippen MR) is 50.1 cm³/mol. The van der Waals surface area contributed by atoms with Crippen molar-refractivity contribution < 1.29 is 13.9 Å². The smallest absolute Gasteiger partial charge is 0.165 e. The normalized spacial score (nSPS) is 12.9. The first-order chi connectivity index (χ1) is 6.56. The first kappa shape index (κ1) is 10.9. The lowest BCUT2D eigenvalue weighted by Crippen LogP contribution is -2.06. The molecule has 0 saturated carbocycles. The maximum Gasteiger partial charge on any atom is 0.165 e. The highest BCUT2D eigenvalue weighted by atomic mass is 19.1. The fourth-order valence-corrected chi connectivity index (χ4v) is 1.33. The molecule has 0 radical (unpaired) electrons. The van der Waals surface area contributed by atoms with E-state index in [1.807, 2.05) is 0 Å². The highest BCUT2D eigenvalue weighted by Crippen LogP contribution is 2.26. The molecule has 14 heavy (non-hydrogen) atoms. The number of aromatic hydroxyl groups is 1. The van der Waals surface area contributed by atoms with E-state index in [0.717, 1.165) is 12.1 Å². The van der Waals surface area contributed by atoms with Crippen LogP contribution in [0.4, 0.5) is 8.78 Å². The summed E-state index contributed by atoms with van der Waals surface area (Å²) in [7, 11) is 0. The monoisotopic (exact) mass is 201 g/mol. The number of hydrogen-bond donors (Lipinski definition) is 2. The zero-order valence-corrected chi connectivity index (χ0v) is 7.93. The maximum atomic E-state index is 13.2. The number of benzene rings is 1. The van der Waals surface area contributed by atoms with E-state index in [2.05, 4.69) is 0 Å². The quantitative estimate of drug-likeness (QED) is 0.786. The van der Waals surface area contributed by atoms with Crippen molar-refractivity contribution in [3.05, 3.63) is 29.3 Å². The molecule has 0 amide bonds. The van der Waals surface area contributed by atoms with Gasteiger partial charge in [-0.3, -0.25) is 0 Å². The molecule has 0 aliphatic heterocycles. The number of rotatable bonds is 3. The number of nitrogens with two attached hydrogens (primary N) is 1. The van der Waals surface area contributed by atoms with Gasteiger partial charge < -0.3 is 10.8 Å². The largest absolute Gasteiger partial charge is 0.505 e. The molecule has 0 aromatic heterocycles. The summed E-state index contributed by atoms with van der Waals surface area (Å²) in [5.74, 6) is -2.20. The molecular formula is C10H13F2NO. The summed E-state index contributed by atoms with van der Waals surface area (Å²) in [6, 6.07) is 1.81. The Labute approximate surface area is 81.4 Å². The van der Waals surface area contributed by atoms with E-state index in [1.165, 1.54) is 0 Å². The van der Waals surface area contributed by atoms with Crippen molar-refractivity contribution in [1.82, 2.24) is 0 Å². The molecule has 0 aliphatic carbocycles. The molecule has 2 nitrogen and oxygen atoms in total. The van der Waals surface area contributed by atoms with Crippen molar-refractivity contribution in [1.29, 1.82) is 0 Å². The summed E-state index contributed by atoms with van der Waals surface area (Å²) in [5.41, 5.74) is 5.57. The van der Waals surface area contributed by atoms with Gasteiger partial charge in [0.25, 0.3) is 0 Å². The third-order valence-corrected chi connectivity index (χ3v) is 2.20. The van der Waals surface area contributed by atoms with Gasteiger partial charge in [-0.25, -0.2) is 8.78 Å². The molecule has 1 atom stereocenters. The van der Waals surface area contributed by atoms with Gasteiger partial charge in [0.1, 0.15) is 5.82 Å². The van der Waals surface area contributed by atoms with Crippen LogP contribution in [0.2, 0.25) is 0 Å². The number of hydrogen-bond acceptors (Lipinski definition) is 2. The van der Waals surface area contributed by atoms with E-state index in [-0.39, 0.29) is 11.5 Å². The summed E-state index contributed by atoms with van der Waals surface area (Å²) in [4.78, 5) is 0. The first-order valence-electron chi connectivity index (χ1n) is 4.44. The summed E-state index contributed by atoms with van der Waals surface area (Å²) in [6.45, 7) is 2.19. The van der Waals surface area contributed by atoms with Crippen LogP contribution in [-0.2, 0) is 0 Å². The summed E-state index contributed by atoms with van der Waals surface area (Å²) in [5, 5.41) is 8.90. The SMILES string of the molecule is CC(CCN)c1cc(F)c(O)cc1F. The van der Waals surface area contributed by atoms with E-state index in [4.69, 9.17) is 10.8 Å². The lowest BCUT2D eigenvalue weighted by atomic mass is 9.97. The molecule has 1 rings (SSSR count). The van der Waals surface area contributed by atoms with Crippen LogP contribution >= 0.6 is 0 Å². The Morgan fingerprint density at radius 2 is 2.00 bits per heavy atom. The van der Waals surface area contributed by atoms with Crippen molar-refractivity contribution in [3.8, 4) is 5.75 Å². The molecule has 0 saturated heterocycles. The molecule has 0 bridgehead atoms. The van der Waals surface area contributed by atoms with Gasteiger partial charge in [0.15, 0.2) is 11.6 Å². The molecule has 1 unspecified atom stereocenters. The van der Waals surface area contributed by atoms with Crippen molar-refractivity contribution >= 4 is 0 Å². The molecule has 1 aromatic rings. The van der Waals surface area contributed by atoms with Crippen molar-refractivity contribution in [2.75, 3.05) is 6.54 Å². The first-order valence-corrected chi connectivity index (χ1v) is 4.44. The van der Waals surface area contributed by atoms with Gasteiger partial charge in [-0.2, -0.15) is 0 Å². The van der Waals surface area contributed by atoms with E-state index < -0.39 is 17.4 Å². The van der Waals surface area contributed by atoms with Gasteiger partial charge >= 0.3 is 0 Å². The van der Waals surface area contributed by atoms with Crippen LogP contribution in [0.5, 0.6) is 5.75 Å². The summed E-state index contributed by atoms with van der Waals surface area (Å²) >= 11 is 0. The van der Waals surface area contributed by atoms with Crippen LogP contribution < -0.4 is 5.73 Å². The molecular weight excluding hydrogens is 188 g/mol. The molecule has 4 heteroatoms. The van der Waals surface area contributed by atoms with Gasteiger partial charge in [0.2, 0.25) is 0 Å². The standard InChI is InChI=1S/C10H13F2NO/c1-6(2-3-13)7-4-9(12)10(14)5-8(7)11/h4-6,14H,2-3,13H2,1H3. The topological polar surface area (TPSA) is 46.2 Å². The van der Waals surface area contributed by atoms with Crippen LogP contribution in [0, 0.1) is 11.6 Å². The summed E-state index contributed by atoms with van der Waals surface area (Å²) in [6.07, 6.45) is 0.584. The molecule has 78 valence electrons. The number of phenols is 1. The van der Waals surface area contributed by atoms with Crippen molar-refractivity contribution in [2.24, 2.45) is 5.73 Å². The lowest BCUT2D eigenvalue weighted by Gasteiger charge is -2.11. The van der Waals surface area contributed by atoms with Crippen LogP contribution in [0.3, 0.4) is 0 Å². The Balaban J connectivity index is 3.02. The minimum atomic E-state index is -0.801. The van der Waals surface area contributed by atoms with Gasteiger partial charge in [0.05, 0.1) is 0 Å². The minimum absolute atomic E-state index is 0.143. The third-order valence-electron chi connectivity index (χ3n) is 2.20. The Morgan fingerprint density at radius 1 is 1.36 bits per heavy atom. The van der Waals surface area contributed by atoms with Crippen LogP contribution in [0.25, 0.3) is 0 Å². The average Bonchev–Trinajstić information content (AvgIpc) is 2.11. The molecule has 0 spiro atoms. The average molecular weight is 201 g/mol. The molecule has 0 heterocycles. The third kappa shape index (κ3) is 2.20. The van der Waals surface area contributed by atoms with Gasteiger partial charge in [-0.15, -0.1) is 0 Å². The Morgan fingerprint density at radius 3 is 2.57 bits per heavy atom. The van der Waals surface area contributed by atoms with Crippen LogP contribution in [0.1, 0.15) is 24.8 Å². The van der Waals surface area contributed by atoms with E-state index in [0.29, 0.717) is 13.0 Å². The van der Waals surface area contributed by atoms with E-state index in [1.54, 1.807) is 6.92 Å². The van der Waals surface area contributed by atoms with Crippen LogP contribution in [0.15, 0.2) is 12.1 Å². The Kier molecular flexibility index (Phi) is 3.41. The molecule has 3 N–H and O–H groups in total. The van der Waals surface area contributed by atoms with Gasteiger partial charge in [-0.1, -0.05) is 6.92 Å². The molecule has 1 aromatic carbocycles. The lowest BCUT2D eigenvalue weighted by molar-refractivity contribution is 0.423. The number of halogens is 2. The van der Waals surface area contributed by atoms with E-state index in [9.17, 15) is 8.78 Å². The Hall–Kier alpha value is -1.16. The highest BCUT2D eigenvalue weighted by Gasteiger charge is 2.14. The second-order valence-electron chi connectivity index (χ2n) is 3.30. The number of phenolic OH excluding ortho intramolecular Hbond substituents is 1. The molecule has 0 aliphatic rings. The molecule has 0 fully saturated rings. The van der Waals surface area contributed by atoms with E-state index >= 15 is 0 Å². The second kappa shape index (κ2) is 4.37. The fraction of sp³-hybridized carbons (Fsp3) is 0.400. The minimum Gasteiger partial charge on any atom is -0.505 e. The Bertz CT molecular complexity index is 328. The fourth-order valence-electron chi connectivity index (χ4n) is 1.33. The van der Waals surface area contributed by atoms with Crippen molar-refractivity contribution in [2.45, 2.75) is 19.3 Å². The predicted octanol–water partition coefficient (Wildman–Crippen LogP) is 2.12.